The van der Waals surface area contributed by atoms with Crippen LogP contribution in [0, 0.1) is 0 Å². The van der Waals surface area contributed by atoms with Gasteiger partial charge in [-0.05, 0) is 20.0 Å². The first kappa shape index (κ1) is 15.5. The highest BCUT2D eigenvalue weighted by atomic mass is 35.5. The highest BCUT2D eigenvalue weighted by Crippen LogP contribution is 2.13. The van der Waals surface area contributed by atoms with Gasteiger partial charge in [0.1, 0.15) is 5.82 Å². The summed E-state index contributed by atoms with van der Waals surface area (Å²) in [5.74, 6) is 1.00. The van der Waals surface area contributed by atoms with Crippen molar-refractivity contribution in [2.24, 2.45) is 0 Å². The summed E-state index contributed by atoms with van der Waals surface area (Å²) < 4.78 is 0. The van der Waals surface area contributed by atoms with Crippen LogP contribution in [0.15, 0.2) is 0 Å². The van der Waals surface area contributed by atoms with Gasteiger partial charge in [-0.15, -0.1) is 0 Å². The Morgan fingerprint density at radius 2 is 2.17 bits per heavy atom. The van der Waals surface area contributed by atoms with Crippen molar-refractivity contribution in [1.82, 2.24) is 20.2 Å². The fourth-order valence-electron chi connectivity index (χ4n) is 1.66. The predicted octanol–water partition coefficient (Wildman–Crippen LogP) is 2.45. The van der Waals surface area contributed by atoms with E-state index in [1.54, 1.807) is 0 Å². The molecule has 1 rings (SSSR count). The lowest BCUT2D eigenvalue weighted by Gasteiger charge is -2.13. The maximum atomic E-state index is 6.10. The Labute approximate surface area is 115 Å². The summed E-state index contributed by atoms with van der Waals surface area (Å²) in [7, 11) is 2.12. The van der Waals surface area contributed by atoms with E-state index in [-0.39, 0.29) is 0 Å². The molecule has 4 nitrogen and oxygen atoms in total. The molecule has 18 heavy (non-hydrogen) atoms. The van der Waals surface area contributed by atoms with Gasteiger partial charge in [0.2, 0.25) is 0 Å². The van der Waals surface area contributed by atoms with Crippen LogP contribution in [0.5, 0.6) is 0 Å². The molecule has 0 aliphatic heterocycles. The number of H-pyrrole nitrogens is 1. The summed E-state index contributed by atoms with van der Waals surface area (Å²) in [6.07, 6.45) is 3.31. The summed E-state index contributed by atoms with van der Waals surface area (Å²) >= 11 is 6.10. The number of likely N-dealkylation sites (N-methyl/N-ethyl adjacent to an activating group) is 1. The number of halogens is 1. The Bertz CT molecular complexity index is 338. The summed E-state index contributed by atoms with van der Waals surface area (Å²) in [4.78, 5) is 9.91. The molecular weight excluding hydrogens is 248 g/mol. The number of nitrogens with zero attached hydrogens (tertiary/aromatic N) is 2. The third-order valence-electron chi connectivity index (χ3n) is 3.06. The number of rotatable bonds is 9. The molecule has 0 unspecified atom stereocenters. The van der Waals surface area contributed by atoms with Gasteiger partial charge in [-0.1, -0.05) is 31.9 Å². The lowest BCUT2D eigenvalue weighted by Crippen LogP contribution is -2.28. The molecule has 1 aromatic heterocycles. The molecule has 0 amide bonds. The fraction of sp³-hybridized carbons (Fsp3) is 0.769. The largest absolute Gasteiger partial charge is 0.344 e. The van der Waals surface area contributed by atoms with Crippen LogP contribution in [0.1, 0.15) is 38.2 Å². The van der Waals surface area contributed by atoms with Gasteiger partial charge in [0.15, 0.2) is 5.15 Å². The lowest BCUT2D eigenvalue weighted by atomic mass is 10.2. The van der Waals surface area contributed by atoms with Crippen molar-refractivity contribution in [3.05, 3.63) is 16.7 Å². The minimum Gasteiger partial charge on any atom is -0.344 e. The highest BCUT2D eigenvalue weighted by Gasteiger charge is 2.07. The van der Waals surface area contributed by atoms with Crippen LogP contribution in [0.3, 0.4) is 0 Å². The van der Waals surface area contributed by atoms with Crippen molar-refractivity contribution in [1.29, 1.82) is 0 Å². The molecule has 0 spiro atoms. The quantitative estimate of drug-likeness (QED) is 0.679. The second-order valence-electron chi connectivity index (χ2n) is 4.63. The third kappa shape index (κ3) is 5.38. The summed E-state index contributed by atoms with van der Waals surface area (Å²) in [6, 6.07) is 0. The van der Waals surface area contributed by atoms with Crippen LogP contribution >= 0.6 is 11.6 Å². The molecule has 5 heteroatoms. The van der Waals surface area contributed by atoms with Gasteiger partial charge in [0, 0.05) is 26.1 Å². The van der Waals surface area contributed by atoms with Crippen molar-refractivity contribution in [2.75, 3.05) is 26.7 Å². The number of aromatic nitrogens is 2. The van der Waals surface area contributed by atoms with E-state index in [1.165, 1.54) is 6.42 Å². The highest BCUT2D eigenvalue weighted by molar-refractivity contribution is 6.30. The number of aromatic amines is 1. The number of hydrogen-bond acceptors (Lipinski definition) is 3. The van der Waals surface area contributed by atoms with Crippen LogP contribution in [-0.2, 0) is 13.0 Å². The zero-order valence-corrected chi connectivity index (χ0v) is 12.5. The lowest BCUT2D eigenvalue weighted by molar-refractivity contribution is 0.348. The summed E-state index contributed by atoms with van der Waals surface area (Å²) in [5, 5.41) is 3.99. The molecule has 1 aromatic rings. The van der Waals surface area contributed by atoms with Gasteiger partial charge in [-0.25, -0.2) is 4.98 Å². The average Bonchev–Trinajstić information content (AvgIpc) is 2.72. The first-order chi connectivity index (χ1) is 8.67. The van der Waals surface area contributed by atoms with Gasteiger partial charge in [-0.2, -0.15) is 0 Å². The molecule has 0 bridgehead atoms. The van der Waals surface area contributed by atoms with Gasteiger partial charge in [0.05, 0.1) is 5.69 Å². The number of unbranched alkanes of at least 4 members (excludes halogenated alkanes) is 1. The number of nitrogens with one attached hydrogen (secondary N) is 2. The molecule has 0 aliphatic rings. The summed E-state index contributed by atoms with van der Waals surface area (Å²) in [6.45, 7) is 8.18. The van der Waals surface area contributed by atoms with E-state index in [2.05, 4.69) is 41.1 Å². The van der Waals surface area contributed by atoms with Crippen molar-refractivity contribution in [3.8, 4) is 0 Å². The Balaban J connectivity index is 2.31. The maximum Gasteiger partial charge on any atom is 0.151 e. The molecule has 1 heterocycles. The molecule has 0 fully saturated rings. The molecule has 0 saturated heterocycles. The predicted molar refractivity (Wildman–Crippen MR) is 77.1 cm³/mol. The normalized spacial score (nSPS) is 11.4. The van der Waals surface area contributed by atoms with E-state index in [1.807, 2.05) is 0 Å². The van der Waals surface area contributed by atoms with Gasteiger partial charge < -0.3 is 15.2 Å². The van der Waals surface area contributed by atoms with E-state index < -0.39 is 0 Å². The zero-order chi connectivity index (χ0) is 13.4. The Morgan fingerprint density at radius 3 is 2.83 bits per heavy atom. The second-order valence-corrected chi connectivity index (χ2v) is 4.99. The first-order valence-electron chi connectivity index (χ1n) is 6.79. The van der Waals surface area contributed by atoms with Crippen molar-refractivity contribution in [2.45, 2.75) is 39.7 Å². The minimum atomic E-state index is 0.609. The molecule has 0 aromatic carbocycles. The zero-order valence-electron chi connectivity index (χ0n) is 11.7. The standard InChI is InChI=1S/C13H25ClN4/c1-4-6-7-12-16-11(13(14)17-12)10-15-8-9-18(3)5-2/h15H,4-10H2,1-3H3,(H,16,17). The fourth-order valence-corrected chi connectivity index (χ4v) is 1.88. The van der Waals surface area contributed by atoms with Crippen LogP contribution in [-0.4, -0.2) is 41.5 Å². The Hall–Kier alpha value is -0.580. The molecule has 0 atom stereocenters. The SMILES string of the molecule is CCCCc1nc(Cl)c(CNCCN(C)CC)[nH]1. The van der Waals surface area contributed by atoms with E-state index >= 15 is 0 Å². The number of hydrogen-bond donors (Lipinski definition) is 2. The molecule has 104 valence electrons. The molecule has 2 N–H and O–H groups in total. The van der Waals surface area contributed by atoms with Crippen LogP contribution < -0.4 is 5.32 Å². The molecule has 0 radical (unpaired) electrons. The average molecular weight is 273 g/mol. The van der Waals surface area contributed by atoms with E-state index in [0.29, 0.717) is 5.15 Å². The summed E-state index contributed by atoms with van der Waals surface area (Å²) in [5.41, 5.74) is 1.00. The van der Waals surface area contributed by atoms with Gasteiger partial charge in [0.25, 0.3) is 0 Å². The molecular formula is C13H25ClN4. The van der Waals surface area contributed by atoms with E-state index in [4.69, 9.17) is 11.6 Å². The van der Waals surface area contributed by atoms with Crippen LogP contribution in [0.2, 0.25) is 5.15 Å². The van der Waals surface area contributed by atoms with E-state index in [0.717, 1.165) is 50.5 Å². The van der Waals surface area contributed by atoms with Crippen molar-refractivity contribution < 1.29 is 0 Å². The van der Waals surface area contributed by atoms with Gasteiger partial charge >= 0.3 is 0 Å². The smallest absolute Gasteiger partial charge is 0.151 e. The first-order valence-corrected chi connectivity index (χ1v) is 7.17. The number of aryl methyl sites for hydroxylation is 1. The topological polar surface area (TPSA) is 44.0 Å². The number of imidazole rings is 1. The minimum absolute atomic E-state index is 0.609. The molecule has 0 aliphatic carbocycles. The third-order valence-corrected chi connectivity index (χ3v) is 3.37. The van der Waals surface area contributed by atoms with E-state index in [9.17, 15) is 0 Å². The molecule has 0 saturated carbocycles. The van der Waals surface area contributed by atoms with Gasteiger partial charge in [-0.3, -0.25) is 0 Å². The Kier molecular flexibility index (Phi) is 7.32. The Morgan fingerprint density at radius 1 is 1.39 bits per heavy atom. The monoisotopic (exact) mass is 272 g/mol. The van der Waals surface area contributed by atoms with Crippen molar-refractivity contribution >= 4 is 11.6 Å². The van der Waals surface area contributed by atoms with Crippen LogP contribution in [0.25, 0.3) is 0 Å². The van der Waals surface area contributed by atoms with Crippen molar-refractivity contribution in [3.63, 3.8) is 0 Å². The second kappa shape index (κ2) is 8.51. The maximum absolute atomic E-state index is 6.10. The van der Waals surface area contributed by atoms with Crippen LogP contribution in [0.4, 0.5) is 0 Å².